The Kier molecular flexibility index (Phi) is 6.78. The molecule has 10 aromatic rings. The van der Waals surface area contributed by atoms with Gasteiger partial charge in [0.05, 0.1) is 0 Å². The minimum Gasteiger partial charge on any atom is -0.455 e. The molecule has 0 aliphatic rings. The van der Waals surface area contributed by atoms with Crippen LogP contribution >= 0.6 is 0 Å². The molecule has 0 saturated heterocycles. The molecule has 238 valence electrons. The molecule has 51 heavy (non-hydrogen) atoms. The van der Waals surface area contributed by atoms with Crippen LogP contribution in [0.2, 0.25) is 0 Å². The Morgan fingerprint density at radius 3 is 1.61 bits per heavy atom. The predicted octanol–water partition coefficient (Wildman–Crippen LogP) is 12.4. The number of rotatable bonds is 5. The summed E-state index contributed by atoms with van der Waals surface area (Å²) in [6, 6.07) is 61.1. The van der Waals surface area contributed by atoms with E-state index >= 15 is 0 Å². The van der Waals surface area contributed by atoms with Gasteiger partial charge in [0.1, 0.15) is 11.2 Å². The maximum atomic E-state index is 6.73. The molecule has 0 aliphatic heterocycles. The van der Waals surface area contributed by atoms with Crippen molar-refractivity contribution in [1.82, 2.24) is 15.0 Å². The van der Waals surface area contributed by atoms with Gasteiger partial charge in [-0.3, -0.25) is 0 Å². The molecule has 0 atom stereocenters. The van der Waals surface area contributed by atoms with E-state index in [2.05, 4.69) is 133 Å². The smallest absolute Gasteiger partial charge is 0.164 e. The van der Waals surface area contributed by atoms with Gasteiger partial charge >= 0.3 is 0 Å². The van der Waals surface area contributed by atoms with Crippen molar-refractivity contribution in [2.75, 3.05) is 0 Å². The molecule has 0 fully saturated rings. The molecule has 4 nitrogen and oxygen atoms in total. The maximum absolute atomic E-state index is 6.73. The number of hydrogen-bond acceptors (Lipinski definition) is 4. The topological polar surface area (TPSA) is 51.8 Å². The summed E-state index contributed by atoms with van der Waals surface area (Å²) in [5.74, 6) is 1.88. The second kappa shape index (κ2) is 11.9. The second-order valence-electron chi connectivity index (χ2n) is 12.8. The van der Waals surface area contributed by atoms with Crippen LogP contribution in [-0.4, -0.2) is 15.0 Å². The standard InChI is InChI=1S/C47H29N3O/c1-3-11-30(12-4-1)32-19-22-33(23-20-32)40-28-36-17-9-10-18-39(36)43-41-29-38(25-26-42(41)51-44(40)43)47-49-45(34-14-5-2-6-15-34)48-46(50-47)37-24-21-31-13-7-8-16-35(31)27-37/h1-29H. The van der Waals surface area contributed by atoms with E-state index in [9.17, 15) is 0 Å². The van der Waals surface area contributed by atoms with E-state index in [0.717, 1.165) is 65.9 Å². The zero-order valence-corrected chi connectivity index (χ0v) is 27.5. The van der Waals surface area contributed by atoms with Crippen LogP contribution in [0.1, 0.15) is 0 Å². The highest BCUT2D eigenvalue weighted by atomic mass is 16.3. The number of aromatic nitrogens is 3. The van der Waals surface area contributed by atoms with Crippen molar-refractivity contribution in [3.05, 3.63) is 176 Å². The molecule has 10 rings (SSSR count). The summed E-state index contributed by atoms with van der Waals surface area (Å²) in [6.45, 7) is 0. The predicted molar refractivity (Wildman–Crippen MR) is 209 cm³/mol. The molecule has 0 radical (unpaired) electrons. The zero-order valence-electron chi connectivity index (χ0n) is 27.5. The molecule has 2 aromatic heterocycles. The molecule has 0 bridgehead atoms. The van der Waals surface area contributed by atoms with Crippen molar-refractivity contribution >= 4 is 43.5 Å². The third-order valence-electron chi connectivity index (χ3n) is 9.70. The summed E-state index contributed by atoms with van der Waals surface area (Å²) in [5, 5.41) is 6.72. The van der Waals surface area contributed by atoms with Crippen molar-refractivity contribution < 1.29 is 4.42 Å². The first-order chi connectivity index (χ1) is 25.2. The van der Waals surface area contributed by atoms with E-state index < -0.39 is 0 Å². The molecule has 0 saturated carbocycles. The van der Waals surface area contributed by atoms with Crippen molar-refractivity contribution in [3.8, 4) is 56.4 Å². The summed E-state index contributed by atoms with van der Waals surface area (Å²) < 4.78 is 6.73. The van der Waals surface area contributed by atoms with Crippen LogP contribution in [-0.2, 0) is 0 Å². The summed E-state index contributed by atoms with van der Waals surface area (Å²) in [5.41, 5.74) is 9.01. The first-order valence-electron chi connectivity index (χ1n) is 17.1. The lowest BCUT2D eigenvalue weighted by Gasteiger charge is -2.09. The van der Waals surface area contributed by atoms with Gasteiger partial charge in [-0.1, -0.05) is 146 Å². The van der Waals surface area contributed by atoms with E-state index in [4.69, 9.17) is 19.4 Å². The minimum absolute atomic E-state index is 0.611. The lowest BCUT2D eigenvalue weighted by atomic mass is 9.95. The first kappa shape index (κ1) is 29.0. The molecule has 0 aliphatic carbocycles. The fourth-order valence-electron chi connectivity index (χ4n) is 7.13. The van der Waals surface area contributed by atoms with Crippen molar-refractivity contribution in [2.24, 2.45) is 0 Å². The Hall–Kier alpha value is -6.91. The minimum atomic E-state index is 0.611. The van der Waals surface area contributed by atoms with E-state index in [1.54, 1.807) is 0 Å². The first-order valence-corrected chi connectivity index (χ1v) is 17.1. The average molecular weight is 652 g/mol. The number of fused-ring (bicyclic) bond motifs is 6. The SMILES string of the molecule is c1ccc(-c2ccc(-c3cc4ccccc4c4c3oc3ccc(-c5nc(-c6ccccc6)nc(-c6ccc7ccccc7c6)n5)cc34)cc2)cc1. The van der Waals surface area contributed by atoms with E-state index in [-0.39, 0.29) is 0 Å². The van der Waals surface area contributed by atoms with Crippen LogP contribution in [0.5, 0.6) is 0 Å². The number of hydrogen-bond donors (Lipinski definition) is 0. The van der Waals surface area contributed by atoms with Crippen LogP contribution in [0.25, 0.3) is 99.9 Å². The maximum Gasteiger partial charge on any atom is 0.164 e. The third kappa shape index (κ3) is 5.13. The van der Waals surface area contributed by atoms with Gasteiger partial charge in [-0.05, 0) is 68.6 Å². The average Bonchev–Trinajstić information content (AvgIpc) is 3.60. The third-order valence-corrected chi connectivity index (χ3v) is 9.70. The lowest BCUT2D eigenvalue weighted by Crippen LogP contribution is -2.00. The molecular formula is C47H29N3O. The second-order valence-corrected chi connectivity index (χ2v) is 12.8. The molecule has 0 amide bonds. The molecule has 0 N–H and O–H groups in total. The fourth-order valence-corrected chi connectivity index (χ4v) is 7.13. The van der Waals surface area contributed by atoms with Crippen molar-refractivity contribution in [3.63, 3.8) is 0 Å². The number of benzene rings is 8. The molecule has 0 spiro atoms. The molecule has 2 heterocycles. The highest BCUT2D eigenvalue weighted by Crippen LogP contribution is 2.42. The van der Waals surface area contributed by atoms with E-state index in [0.29, 0.717) is 17.5 Å². The van der Waals surface area contributed by atoms with Gasteiger partial charge in [0.2, 0.25) is 0 Å². The Balaban J connectivity index is 1.16. The van der Waals surface area contributed by atoms with Crippen LogP contribution in [0.15, 0.2) is 180 Å². The van der Waals surface area contributed by atoms with Gasteiger partial charge in [-0.15, -0.1) is 0 Å². The van der Waals surface area contributed by atoms with E-state index in [1.807, 2.05) is 42.5 Å². The van der Waals surface area contributed by atoms with Crippen LogP contribution < -0.4 is 0 Å². The van der Waals surface area contributed by atoms with Gasteiger partial charge in [-0.2, -0.15) is 0 Å². The summed E-state index contributed by atoms with van der Waals surface area (Å²) in [7, 11) is 0. The lowest BCUT2D eigenvalue weighted by molar-refractivity contribution is 0.670. The Bertz CT molecular complexity index is 2900. The normalized spacial score (nSPS) is 11.5. The highest BCUT2D eigenvalue weighted by molar-refractivity contribution is 6.23. The van der Waals surface area contributed by atoms with Gasteiger partial charge in [0.15, 0.2) is 17.5 Å². The van der Waals surface area contributed by atoms with Gasteiger partial charge in [0.25, 0.3) is 0 Å². The van der Waals surface area contributed by atoms with Crippen LogP contribution in [0.3, 0.4) is 0 Å². The largest absolute Gasteiger partial charge is 0.455 e. The fraction of sp³-hybridized carbons (Fsp3) is 0. The summed E-state index contributed by atoms with van der Waals surface area (Å²) >= 11 is 0. The monoisotopic (exact) mass is 651 g/mol. The van der Waals surface area contributed by atoms with Gasteiger partial charge < -0.3 is 4.42 Å². The summed E-state index contributed by atoms with van der Waals surface area (Å²) in [4.78, 5) is 15.1. The van der Waals surface area contributed by atoms with Crippen LogP contribution in [0, 0.1) is 0 Å². The zero-order chi connectivity index (χ0) is 33.7. The van der Waals surface area contributed by atoms with Crippen LogP contribution in [0.4, 0.5) is 0 Å². The number of furan rings is 1. The van der Waals surface area contributed by atoms with Crippen molar-refractivity contribution in [2.45, 2.75) is 0 Å². The van der Waals surface area contributed by atoms with Crippen molar-refractivity contribution in [1.29, 1.82) is 0 Å². The Labute approximate surface area is 294 Å². The molecule has 4 heteroatoms. The molecular weight excluding hydrogens is 623 g/mol. The Morgan fingerprint density at radius 2 is 0.863 bits per heavy atom. The number of nitrogens with zero attached hydrogens (tertiary/aromatic N) is 3. The van der Waals surface area contributed by atoms with Gasteiger partial charge in [0, 0.05) is 33.0 Å². The quantitative estimate of drug-likeness (QED) is 0.186. The highest BCUT2D eigenvalue weighted by Gasteiger charge is 2.19. The molecule has 8 aromatic carbocycles. The van der Waals surface area contributed by atoms with E-state index in [1.165, 1.54) is 16.5 Å². The van der Waals surface area contributed by atoms with Gasteiger partial charge in [-0.25, -0.2) is 15.0 Å². The molecule has 0 unspecified atom stereocenters. The summed E-state index contributed by atoms with van der Waals surface area (Å²) in [6.07, 6.45) is 0. The Morgan fingerprint density at radius 1 is 0.333 bits per heavy atom.